The molecular formula is C23H24N2O5. The molecule has 2 aromatic carbocycles. The maximum Gasteiger partial charge on any atom is 0.312 e. The summed E-state index contributed by atoms with van der Waals surface area (Å²) in [7, 11) is 1.54. The van der Waals surface area contributed by atoms with Crippen molar-refractivity contribution in [1.82, 2.24) is 5.32 Å². The third kappa shape index (κ3) is 4.30. The van der Waals surface area contributed by atoms with Crippen molar-refractivity contribution in [2.75, 3.05) is 18.6 Å². The molecule has 1 N–H and O–H groups in total. The molecule has 2 atom stereocenters. The second-order valence-corrected chi connectivity index (χ2v) is 7.59. The van der Waals surface area contributed by atoms with Crippen molar-refractivity contribution < 1.29 is 23.9 Å². The number of hydrogen-bond acceptors (Lipinski definition) is 5. The van der Waals surface area contributed by atoms with Crippen molar-refractivity contribution >= 4 is 23.5 Å². The molecule has 0 aromatic heterocycles. The summed E-state index contributed by atoms with van der Waals surface area (Å²) in [5.41, 5.74) is 1.22. The van der Waals surface area contributed by atoms with Gasteiger partial charge in [-0.2, -0.15) is 0 Å². The topological polar surface area (TPSA) is 84.9 Å². The summed E-state index contributed by atoms with van der Waals surface area (Å²) in [5.74, 6) is -1.16. The van der Waals surface area contributed by atoms with Crippen LogP contribution >= 0.6 is 0 Å². The van der Waals surface area contributed by atoms with Gasteiger partial charge in [-0.25, -0.2) is 0 Å². The van der Waals surface area contributed by atoms with Crippen LogP contribution in [0.15, 0.2) is 54.6 Å². The second kappa shape index (κ2) is 8.57. The van der Waals surface area contributed by atoms with E-state index in [1.165, 1.54) is 12.0 Å². The predicted octanol–water partition coefficient (Wildman–Crippen LogP) is 2.61. The number of amides is 2. The van der Waals surface area contributed by atoms with E-state index in [-0.39, 0.29) is 30.8 Å². The van der Waals surface area contributed by atoms with Gasteiger partial charge in [-0.3, -0.25) is 14.4 Å². The molecule has 2 fully saturated rings. The highest BCUT2D eigenvalue weighted by Gasteiger charge is 2.39. The van der Waals surface area contributed by atoms with E-state index in [0.29, 0.717) is 17.0 Å². The zero-order valence-corrected chi connectivity index (χ0v) is 16.7. The minimum absolute atomic E-state index is 0.0304. The van der Waals surface area contributed by atoms with Crippen molar-refractivity contribution in [1.29, 1.82) is 0 Å². The summed E-state index contributed by atoms with van der Waals surface area (Å²) in [5, 5.41) is 2.90. The maximum absolute atomic E-state index is 12.9. The zero-order chi connectivity index (χ0) is 21.1. The molecule has 0 radical (unpaired) electrons. The third-order valence-electron chi connectivity index (χ3n) is 5.33. The van der Waals surface area contributed by atoms with Gasteiger partial charge in [0.05, 0.1) is 18.7 Å². The first-order valence-corrected chi connectivity index (χ1v) is 10.1. The molecule has 7 nitrogen and oxygen atoms in total. The molecule has 156 valence electrons. The summed E-state index contributed by atoms with van der Waals surface area (Å²) in [4.78, 5) is 39.7. The molecule has 0 spiro atoms. The number of ether oxygens (including phenoxy) is 2. The fourth-order valence-electron chi connectivity index (χ4n) is 3.57. The number of hydrogen-bond donors (Lipinski definition) is 1. The molecule has 1 aliphatic carbocycles. The highest BCUT2D eigenvalue weighted by molar-refractivity contribution is 6.00. The van der Waals surface area contributed by atoms with Gasteiger partial charge in [0, 0.05) is 24.6 Å². The Labute approximate surface area is 175 Å². The molecule has 2 amide bonds. The lowest BCUT2D eigenvalue weighted by atomic mass is 10.1. The Morgan fingerprint density at radius 2 is 1.77 bits per heavy atom. The SMILES string of the molecule is COc1ccccc1N1C[C@@H](C(=O)O[C@@H](C(=O)NC2CC2)c2ccccc2)CC1=O. The molecule has 0 bridgehead atoms. The Morgan fingerprint density at radius 3 is 2.47 bits per heavy atom. The number of esters is 1. The van der Waals surface area contributed by atoms with E-state index in [0.717, 1.165) is 12.8 Å². The van der Waals surface area contributed by atoms with E-state index in [1.807, 2.05) is 18.2 Å². The van der Waals surface area contributed by atoms with Gasteiger partial charge in [-0.15, -0.1) is 0 Å². The third-order valence-corrected chi connectivity index (χ3v) is 5.33. The van der Waals surface area contributed by atoms with E-state index >= 15 is 0 Å². The number of para-hydroxylation sites is 2. The monoisotopic (exact) mass is 408 g/mol. The van der Waals surface area contributed by atoms with Crippen molar-refractivity contribution in [2.24, 2.45) is 5.92 Å². The van der Waals surface area contributed by atoms with Crippen LogP contribution < -0.4 is 15.0 Å². The van der Waals surface area contributed by atoms with E-state index in [1.54, 1.807) is 36.4 Å². The van der Waals surface area contributed by atoms with Crippen LogP contribution in [0.25, 0.3) is 0 Å². The first-order valence-electron chi connectivity index (χ1n) is 10.1. The lowest BCUT2D eigenvalue weighted by Crippen LogP contribution is -2.35. The first kappa shape index (κ1) is 19.9. The highest BCUT2D eigenvalue weighted by atomic mass is 16.5. The molecule has 1 saturated heterocycles. The van der Waals surface area contributed by atoms with E-state index < -0.39 is 18.0 Å². The predicted molar refractivity (Wildman–Crippen MR) is 110 cm³/mol. The fraction of sp³-hybridized carbons (Fsp3) is 0.348. The van der Waals surface area contributed by atoms with Gasteiger partial charge in [-0.05, 0) is 25.0 Å². The molecule has 2 aliphatic rings. The number of nitrogens with zero attached hydrogens (tertiary/aromatic N) is 1. The van der Waals surface area contributed by atoms with Gasteiger partial charge in [-0.1, -0.05) is 42.5 Å². The van der Waals surface area contributed by atoms with Crippen LogP contribution in [-0.2, 0) is 19.1 Å². The van der Waals surface area contributed by atoms with Crippen molar-refractivity contribution in [3.63, 3.8) is 0 Å². The quantitative estimate of drug-likeness (QED) is 0.712. The molecule has 7 heteroatoms. The number of nitrogens with one attached hydrogen (secondary N) is 1. The number of anilines is 1. The molecule has 30 heavy (non-hydrogen) atoms. The van der Waals surface area contributed by atoms with E-state index in [2.05, 4.69) is 5.32 Å². The van der Waals surface area contributed by atoms with Gasteiger partial charge in [0.2, 0.25) is 12.0 Å². The molecule has 1 saturated carbocycles. The molecule has 1 aliphatic heterocycles. The van der Waals surface area contributed by atoms with Gasteiger partial charge < -0.3 is 19.7 Å². The Kier molecular flexibility index (Phi) is 5.70. The average Bonchev–Trinajstić information content (AvgIpc) is 3.50. The van der Waals surface area contributed by atoms with Crippen molar-refractivity contribution in [2.45, 2.75) is 31.4 Å². The standard InChI is InChI=1S/C23H24N2O5/c1-29-19-10-6-5-9-18(19)25-14-16(13-20(25)26)23(28)30-21(15-7-3-2-4-8-15)22(27)24-17-11-12-17/h2-10,16-17,21H,11-14H2,1H3,(H,24,27)/t16-,21+/m0/s1. The molecule has 4 rings (SSSR count). The van der Waals surface area contributed by atoms with Crippen LogP contribution in [0.3, 0.4) is 0 Å². The smallest absolute Gasteiger partial charge is 0.312 e. The van der Waals surface area contributed by atoms with E-state index in [9.17, 15) is 14.4 Å². The van der Waals surface area contributed by atoms with Crippen LogP contribution in [0.2, 0.25) is 0 Å². The van der Waals surface area contributed by atoms with Crippen molar-refractivity contribution in [3.05, 3.63) is 60.2 Å². The minimum Gasteiger partial charge on any atom is -0.495 e. The Balaban J connectivity index is 1.49. The number of methoxy groups -OCH3 is 1. The largest absolute Gasteiger partial charge is 0.495 e. The average molecular weight is 408 g/mol. The Bertz CT molecular complexity index is 942. The zero-order valence-electron chi connectivity index (χ0n) is 16.7. The number of benzene rings is 2. The normalized spacial score (nSPS) is 19.3. The summed E-state index contributed by atoms with van der Waals surface area (Å²) < 4.78 is 11.0. The van der Waals surface area contributed by atoms with Crippen LogP contribution in [0.1, 0.15) is 30.9 Å². The molecule has 2 aromatic rings. The Hall–Kier alpha value is -3.35. The molecule has 1 heterocycles. The summed E-state index contributed by atoms with van der Waals surface area (Å²) in [6, 6.07) is 16.3. The van der Waals surface area contributed by atoms with Crippen LogP contribution in [0, 0.1) is 5.92 Å². The molecule has 0 unspecified atom stereocenters. The number of rotatable bonds is 7. The van der Waals surface area contributed by atoms with Gasteiger partial charge >= 0.3 is 5.97 Å². The fourth-order valence-corrected chi connectivity index (χ4v) is 3.57. The van der Waals surface area contributed by atoms with Gasteiger partial charge in [0.1, 0.15) is 5.75 Å². The van der Waals surface area contributed by atoms with Crippen LogP contribution in [0.4, 0.5) is 5.69 Å². The lowest BCUT2D eigenvalue weighted by molar-refractivity contribution is -0.160. The summed E-state index contributed by atoms with van der Waals surface area (Å²) in [6.07, 6.45) is 0.871. The highest BCUT2D eigenvalue weighted by Crippen LogP contribution is 2.34. The minimum atomic E-state index is -1.03. The second-order valence-electron chi connectivity index (χ2n) is 7.59. The van der Waals surface area contributed by atoms with Gasteiger partial charge in [0.25, 0.3) is 5.91 Å². The lowest BCUT2D eigenvalue weighted by Gasteiger charge is -2.21. The van der Waals surface area contributed by atoms with Gasteiger partial charge in [0.15, 0.2) is 0 Å². The van der Waals surface area contributed by atoms with Crippen molar-refractivity contribution in [3.8, 4) is 5.75 Å². The maximum atomic E-state index is 12.9. The van der Waals surface area contributed by atoms with E-state index in [4.69, 9.17) is 9.47 Å². The summed E-state index contributed by atoms with van der Waals surface area (Å²) >= 11 is 0. The first-order chi connectivity index (χ1) is 14.6. The number of carbonyl (C=O) groups is 3. The summed E-state index contributed by atoms with van der Waals surface area (Å²) in [6.45, 7) is 0.184. The van der Waals surface area contributed by atoms with Crippen LogP contribution in [-0.4, -0.2) is 37.5 Å². The Morgan fingerprint density at radius 1 is 1.07 bits per heavy atom. The molecular weight excluding hydrogens is 384 g/mol. The number of carbonyl (C=O) groups excluding carboxylic acids is 3. The van der Waals surface area contributed by atoms with Crippen LogP contribution in [0.5, 0.6) is 5.75 Å².